The largest absolute Gasteiger partial charge is 0.416 e. The summed E-state index contributed by atoms with van der Waals surface area (Å²) in [5.74, 6) is -0.237. The van der Waals surface area contributed by atoms with Gasteiger partial charge in [-0.3, -0.25) is 9.59 Å². The van der Waals surface area contributed by atoms with Crippen molar-refractivity contribution in [3.63, 3.8) is 0 Å². The molecule has 5 rings (SSSR count). The summed E-state index contributed by atoms with van der Waals surface area (Å²) in [4.78, 5) is 29.5. The van der Waals surface area contributed by atoms with E-state index in [4.69, 9.17) is 0 Å². The lowest BCUT2D eigenvalue weighted by Crippen LogP contribution is -2.36. The fourth-order valence-corrected chi connectivity index (χ4v) is 4.32. The minimum Gasteiger partial charge on any atom is -0.349 e. The summed E-state index contributed by atoms with van der Waals surface area (Å²) in [7, 11) is 0. The summed E-state index contributed by atoms with van der Waals surface area (Å²) in [5.41, 5.74) is -0.283. The molecule has 0 spiro atoms. The van der Waals surface area contributed by atoms with Gasteiger partial charge in [-0.15, -0.1) is 0 Å². The van der Waals surface area contributed by atoms with Gasteiger partial charge in [-0.1, -0.05) is 31.4 Å². The van der Waals surface area contributed by atoms with Crippen LogP contribution < -0.4 is 10.9 Å². The second-order valence-corrected chi connectivity index (χ2v) is 8.26. The molecule has 7 nitrogen and oxygen atoms in total. The number of alkyl halides is 3. The van der Waals surface area contributed by atoms with Gasteiger partial charge < -0.3 is 5.32 Å². The molecule has 33 heavy (non-hydrogen) atoms. The molecule has 1 fully saturated rings. The maximum absolute atomic E-state index is 13.1. The molecule has 4 aromatic rings. The van der Waals surface area contributed by atoms with Crippen molar-refractivity contribution in [2.75, 3.05) is 0 Å². The van der Waals surface area contributed by atoms with Gasteiger partial charge in [0.1, 0.15) is 5.69 Å². The van der Waals surface area contributed by atoms with E-state index < -0.39 is 17.3 Å². The van der Waals surface area contributed by atoms with Crippen LogP contribution in [0.1, 0.15) is 48.0 Å². The van der Waals surface area contributed by atoms with Gasteiger partial charge in [0, 0.05) is 17.2 Å². The van der Waals surface area contributed by atoms with Crippen molar-refractivity contribution in [3.05, 3.63) is 63.9 Å². The number of amides is 1. The topological polar surface area (TPSA) is 92.2 Å². The molecular weight excluding hydrogens is 435 g/mol. The quantitative estimate of drug-likeness (QED) is 0.481. The average molecular weight is 455 g/mol. The summed E-state index contributed by atoms with van der Waals surface area (Å²) >= 11 is 0. The van der Waals surface area contributed by atoms with E-state index in [1.807, 2.05) is 0 Å². The summed E-state index contributed by atoms with van der Waals surface area (Å²) < 4.78 is 40.8. The first-order chi connectivity index (χ1) is 15.8. The highest BCUT2D eigenvalue weighted by Gasteiger charge is 2.31. The molecule has 170 valence electrons. The summed E-state index contributed by atoms with van der Waals surface area (Å²) in [5, 5.41) is 10.1. The van der Waals surface area contributed by atoms with Gasteiger partial charge in [-0.05, 0) is 43.2 Å². The van der Waals surface area contributed by atoms with Crippen molar-refractivity contribution in [1.82, 2.24) is 25.1 Å². The molecule has 0 saturated heterocycles. The SMILES string of the molecule is O=C(NC1CCCCC1)c1ccc2c(=O)nc3c(-c4cccc(C(F)(F)F)c4)n[nH]n3c2c1. The Balaban J connectivity index is 1.58. The van der Waals surface area contributed by atoms with Gasteiger partial charge in [0.05, 0.1) is 16.5 Å². The number of carbonyl (C=O) groups excluding carboxylic acids is 1. The first-order valence-corrected chi connectivity index (χ1v) is 10.7. The number of hydrogen-bond donors (Lipinski definition) is 2. The first kappa shape index (κ1) is 21.2. The zero-order valence-electron chi connectivity index (χ0n) is 17.4. The third-order valence-corrected chi connectivity index (χ3v) is 6.03. The Morgan fingerprint density at radius 3 is 2.64 bits per heavy atom. The van der Waals surface area contributed by atoms with Crippen LogP contribution in [-0.4, -0.2) is 31.8 Å². The number of hydrogen-bond acceptors (Lipinski definition) is 4. The Bertz CT molecular complexity index is 1420. The van der Waals surface area contributed by atoms with E-state index >= 15 is 0 Å². The predicted octanol–water partition coefficient (Wildman–Crippen LogP) is 4.32. The zero-order valence-corrected chi connectivity index (χ0v) is 17.4. The Hall–Kier alpha value is -3.69. The number of H-pyrrole nitrogens is 1. The minimum absolute atomic E-state index is 0.0802. The van der Waals surface area contributed by atoms with E-state index in [2.05, 4.69) is 20.6 Å². The number of nitrogens with one attached hydrogen (secondary N) is 2. The third kappa shape index (κ3) is 3.96. The van der Waals surface area contributed by atoms with E-state index in [-0.39, 0.29) is 34.2 Å². The molecule has 1 amide bonds. The van der Waals surface area contributed by atoms with E-state index in [0.717, 1.165) is 37.8 Å². The van der Waals surface area contributed by atoms with Crippen molar-refractivity contribution in [1.29, 1.82) is 0 Å². The molecule has 2 heterocycles. The number of fused-ring (bicyclic) bond motifs is 3. The monoisotopic (exact) mass is 455 g/mol. The van der Waals surface area contributed by atoms with Gasteiger partial charge in [0.15, 0.2) is 5.65 Å². The minimum atomic E-state index is -4.51. The normalized spacial score (nSPS) is 15.2. The smallest absolute Gasteiger partial charge is 0.349 e. The Labute approximate surface area is 185 Å². The van der Waals surface area contributed by atoms with Crippen LogP contribution in [-0.2, 0) is 6.18 Å². The van der Waals surface area contributed by atoms with E-state index in [1.165, 1.54) is 29.1 Å². The fraction of sp³-hybridized carbons (Fsp3) is 0.304. The summed E-state index contributed by atoms with van der Waals surface area (Å²) in [6.07, 6.45) is 0.694. The zero-order chi connectivity index (χ0) is 23.2. The van der Waals surface area contributed by atoms with Crippen LogP contribution in [0, 0.1) is 0 Å². The van der Waals surface area contributed by atoms with Gasteiger partial charge in [-0.25, -0.2) is 9.73 Å². The second-order valence-electron chi connectivity index (χ2n) is 8.26. The van der Waals surface area contributed by atoms with E-state index in [1.54, 1.807) is 12.1 Å². The van der Waals surface area contributed by atoms with Crippen LogP contribution in [0.2, 0.25) is 0 Å². The molecule has 0 bridgehead atoms. The van der Waals surface area contributed by atoms with Crippen molar-refractivity contribution in [2.45, 2.75) is 44.3 Å². The number of nitrogens with zero attached hydrogens (tertiary/aromatic N) is 3. The first-order valence-electron chi connectivity index (χ1n) is 10.7. The van der Waals surface area contributed by atoms with E-state index in [9.17, 15) is 22.8 Å². The van der Waals surface area contributed by atoms with Gasteiger partial charge in [0.2, 0.25) is 0 Å². The summed E-state index contributed by atoms with van der Waals surface area (Å²) in [6.45, 7) is 0. The van der Waals surface area contributed by atoms with Crippen molar-refractivity contribution >= 4 is 22.5 Å². The highest BCUT2D eigenvalue weighted by atomic mass is 19.4. The Morgan fingerprint density at radius 1 is 1.09 bits per heavy atom. The van der Waals surface area contributed by atoms with Gasteiger partial charge in [-0.2, -0.15) is 23.3 Å². The van der Waals surface area contributed by atoms with Gasteiger partial charge in [0.25, 0.3) is 11.5 Å². The lowest BCUT2D eigenvalue weighted by atomic mass is 9.95. The maximum Gasteiger partial charge on any atom is 0.416 e. The molecular formula is C23H20F3N5O2. The predicted molar refractivity (Wildman–Crippen MR) is 116 cm³/mol. The molecule has 1 saturated carbocycles. The lowest BCUT2D eigenvalue weighted by Gasteiger charge is -2.22. The molecule has 2 aromatic carbocycles. The molecule has 2 aromatic heterocycles. The lowest BCUT2D eigenvalue weighted by molar-refractivity contribution is -0.137. The van der Waals surface area contributed by atoms with Crippen LogP contribution in [0.4, 0.5) is 13.2 Å². The number of aromatic amines is 1. The molecule has 1 aliphatic rings. The highest BCUT2D eigenvalue weighted by Crippen LogP contribution is 2.32. The number of rotatable bonds is 3. The number of aromatic nitrogens is 4. The molecule has 0 unspecified atom stereocenters. The molecule has 2 N–H and O–H groups in total. The molecule has 1 aliphatic carbocycles. The number of benzene rings is 2. The molecule has 10 heteroatoms. The van der Waals surface area contributed by atoms with E-state index in [0.29, 0.717) is 11.1 Å². The van der Waals surface area contributed by atoms with Crippen LogP contribution in [0.25, 0.3) is 27.8 Å². The summed E-state index contributed by atoms with van der Waals surface area (Å²) in [6, 6.07) is 9.45. The Kier molecular flexibility index (Phi) is 5.15. The van der Waals surface area contributed by atoms with Gasteiger partial charge >= 0.3 is 6.18 Å². The number of carbonyl (C=O) groups is 1. The van der Waals surface area contributed by atoms with Crippen LogP contribution in [0.3, 0.4) is 0 Å². The third-order valence-electron chi connectivity index (χ3n) is 6.03. The Morgan fingerprint density at radius 2 is 1.88 bits per heavy atom. The maximum atomic E-state index is 13.1. The van der Waals surface area contributed by atoms with Crippen LogP contribution in [0.5, 0.6) is 0 Å². The standard InChI is InChI=1S/C23H20F3N5O2/c24-23(25,26)15-6-4-5-13(11-15)19-20-28-22(33)17-10-9-14(12-18(17)31(20)30-29-19)21(32)27-16-7-2-1-3-8-16/h4-6,9-12,16,30H,1-3,7-8H2,(H,27,32). The molecule has 0 aliphatic heterocycles. The number of halogens is 3. The molecule has 0 atom stereocenters. The van der Waals surface area contributed by atoms with Crippen molar-refractivity contribution in [3.8, 4) is 11.3 Å². The fourth-order valence-electron chi connectivity index (χ4n) is 4.32. The van der Waals surface area contributed by atoms with Crippen LogP contribution in [0.15, 0.2) is 47.3 Å². The highest BCUT2D eigenvalue weighted by molar-refractivity contribution is 5.98. The second kappa shape index (κ2) is 8.02. The average Bonchev–Trinajstić information content (AvgIpc) is 3.23. The van der Waals surface area contributed by atoms with Crippen molar-refractivity contribution < 1.29 is 18.0 Å². The van der Waals surface area contributed by atoms with Crippen molar-refractivity contribution in [2.24, 2.45) is 0 Å². The van der Waals surface area contributed by atoms with Crippen LogP contribution >= 0.6 is 0 Å². The molecule has 0 radical (unpaired) electrons.